The van der Waals surface area contributed by atoms with Crippen LogP contribution in [0.2, 0.25) is 0 Å². The predicted octanol–water partition coefficient (Wildman–Crippen LogP) is 3.67. The van der Waals surface area contributed by atoms with Crippen molar-refractivity contribution < 1.29 is 4.74 Å². The van der Waals surface area contributed by atoms with E-state index in [-0.39, 0.29) is 11.7 Å². The minimum Gasteiger partial charge on any atom is -0.364 e. The van der Waals surface area contributed by atoms with Gasteiger partial charge in [0, 0.05) is 13.1 Å². The first-order valence-corrected chi connectivity index (χ1v) is 7.65. The van der Waals surface area contributed by atoms with Gasteiger partial charge in [0.25, 0.3) is 0 Å². The molecule has 0 aromatic heterocycles. The van der Waals surface area contributed by atoms with E-state index in [2.05, 4.69) is 37.4 Å². The summed E-state index contributed by atoms with van der Waals surface area (Å²) in [4.78, 5) is 0. The molecular weight excluding hydrogens is 234 g/mol. The molecule has 2 heteroatoms. The molecule has 3 rings (SSSR count). The standard InChI is InChI=1S/C17H25NO/c1-13-7-6-8-15(14(13)2)16-11-18-12-17(19-16)9-4-3-5-10-17/h6-8,16,18H,3-5,9-12H2,1-2H3. The molecule has 0 amide bonds. The first kappa shape index (κ1) is 13.1. The van der Waals surface area contributed by atoms with Crippen LogP contribution in [0.15, 0.2) is 18.2 Å². The van der Waals surface area contributed by atoms with E-state index in [9.17, 15) is 0 Å². The average molecular weight is 259 g/mol. The Hall–Kier alpha value is -0.860. The molecule has 19 heavy (non-hydrogen) atoms. The second kappa shape index (κ2) is 5.26. The smallest absolute Gasteiger partial charge is 0.0960 e. The van der Waals surface area contributed by atoms with Crippen LogP contribution in [-0.2, 0) is 4.74 Å². The van der Waals surface area contributed by atoms with Crippen LogP contribution < -0.4 is 5.32 Å². The Bertz CT molecular complexity index is 443. The first-order chi connectivity index (χ1) is 9.20. The minimum absolute atomic E-state index is 0.108. The lowest BCUT2D eigenvalue weighted by molar-refractivity contribution is -0.136. The van der Waals surface area contributed by atoms with Crippen molar-refractivity contribution in [1.29, 1.82) is 0 Å². The molecule has 1 saturated heterocycles. The van der Waals surface area contributed by atoms with Crippen LogP contribution in [0, 0.1) is 13.8 Å². The normalized spacial score (nSPS) is 26.5. The Morgan fingerprint density at radius 1 is 1.16 bits per heavy atom. The summed E-state index contributed by atoms with van der Waals surface area (Å²) in [6.45, 7) is 6.39. The Morgan fingerprint density at radius 3 is 2.74 bits per heavy atom. The van der Waals surface area contributed by atoms with E-state index in [1.165, 1.54) is 48.8 Å². The average Bonchev–Trinajstić information content (AvgIpc) is 2.43. The molecule has 1 heterocycles. The molecule has 104 valence electrons. The molecule has 1 N–H and O–H groups in total. The van der Waals surface area contributed by atoms with Crippen molar-refractivity contribution >= 4 is 0 Å². The van der Waals surface area contributed by atoms with E-state index in [1.807, 2.05) is 0 Å². The van der Waals surface area contributed by atoms with Gasteiger partial charge in [-0.3, -0.25) is 0 Å². The third kappa shape index (κ3) is 2.56. The zero-order valence-electron chi connectivity index (χ0n) is 12.2. The molecule has 2 nitrogen and oxygen atoms in total. The lowest BCUT2D eigenvalue weighted by Gasteiger charge is -2.44. The number of rotatable bonds is 1. The fourth-order valence-electron chi connectivity index (χ4n) is 3.60. The highest BCUT2D eigenvalue weighted by atomic mass is 16.5. The molecular formula is C17H25NO. The Kier molecular flexibility index (Phi) is 3.64. The van der Waals surface area contributed by atoms with Gasteiger partial charge >= 0.3 is 0 Å². The highest BCUT2D eigenvalue weighted by Crippen LogP contribution is 2.38. The quantitative estimate of drug-likeness (QED) is 0.831. The van der Waals surface area contributed by atoms with Gasteiger partial charge in [-0.1, -0.05) is 37.5 Å². The molecule has 1 saturated carbocycles. The molecule has 1 spiro atoms. The summed E-state index contributed by atoms with van der Waals surface area (Å²) in [5, 5.41) is 3.62. The number of benzene rings is 1. The van der Waals surface area contributed by atoms with Crippen LogP contribution in [0.4, 0.5) is 0 Å². The monoisotopic (exact) mass is 259 g/mol. The first-order valence-electron chi connectivity index (χ1n) is 7.65. The van der Waals surface area contributed by atoms with Gasteiger partial charge in [-0.05, 0) is 43.4 Å². The lowest BCUT2D eigenvalue weighted by atomic mass is 9.83. The van der Waals surface area contributed by atoms with Crippen LogP contribution in [0.1, 0.15) is 54.9 Å². The van der Waals surface area contributed by atoms with Gasteiger partial charge in [-0.25, -0.2) is 0 Å². The van der Waals surface area contributed by atoms with Gasteiger partial charge in [0.2, 0.25) is 0 Å². The van der Waals surface area contributed by atoms with Crippen LogP contribution in [0.25, 0.3) is 0 Å². The molecule has 0 bridgehead atoms. The van der Waals surface area contributed by atoms with E-state index < -0.39 is 0 Å². The number of hydrogen-bond donors (Lipinski definition) is 1. The summed E-state index contributed by atoms with van der Waals surface area (Å²) in [6, 6.07) is 6.57. The Labute approximate surface area is 116 Å². The fraction of sp³-hybridized carbons (Fsp3) is 0.647. The summed E-state index contributed by atoms with van der Waals surface area (Å²) < 4.78 is 6.57. The summed E-state index contributed by atoms with van der Waals surface area (Å²) >= 11 is 0. The predicted molar refractivity (Wildman–Crippen MR) is 78.4 cm³/mol. The zero-order chi connectivity index (χ0) is 13.3. The molecule has 1 aromatic carbocycles. The molecule has 1 atom stereocenters. The number of ether oxygens (including phenoxy) is 1. The third-order valence-corrected chi connectivity index (χ3v) is 4.93. The number of aryl methyl sites for hydroxylation is 1. The summed E-state index contributed by atoms with van der Waals surface area (Å²) in [5.74, 6) is 0. The molecule has 2 fully saturated rings. The molecule has 2 aliphatic rings. The molecule has 1 unspecified atom stereocenters. The maximum Gasteiger partial charge on any atom is 0.0960 e. The van der Waals surface area contributed by atoms with Gasteiger partial charge in [0.15, 0.2) is 0 Å². The molecule has 1 aromatic rings. The topological polar surface area (TPSA) is 21.3 Å². The summed E-state index contributed by atoms with van der Waals surface area (Å²) in [5.41, 5.74) is 4.24. The molecule has 1 aliphatic heterocycles. The van der Waals surface area contributed by atoms with Crippen LogP contribution >= 0.6 is 0 Å². The van der Waals surface area contributed by atoms with Gasteiger partial charge < -0.3 is 10.1 Å². The van der Waals surface area contributed by atoms with Crippen molar-refractivity contribution in [2.24, 2.45) is 0 Å². The van der Waals surface area contributed by atoms with Gasteiger partial charge in [-0.2, -0.15) is 0 Å². The molecule has 1 aliphatic carbocycles. The zero-order valence-corrected chi connectivity index (χ0v) is 12.2. The van der Waals surface area contributed by atoms with Crippen molar-refractivity contribution in [1.82, 2.24) is 5.32 Å². The van der Waals surface area contributed by atoms with Gasteiger partial charge in [0.1, 0.15) is 0 Å². The van der Waals surface area contributed by atoms with E-state index in [0.29, 0.717) is 0 Å². The van der Waals surface area contributed by atoms with Gasteiger partial charge in [0.05, 0.1) is 11.7 Å². The van der Waals surface area contributed by atoms with E-state index in [1.54, 1.807) is 0 Å². The summed E-state index contributed by atoms with van der Waals surface area (Å²) in [7, 11) is 0. The molecule has 0 radical (unpaired) electrons. The van der Waals surface area contributed by atoms with Gasteiger partial charge in [-0.15, -0.1) is 0 Å². The van der Waals surface area contributed by atoms with Crippen molar-refractivity contribution in [3.8, 4) is 0 Å². The van der Waals surface area contributed by atoms with Crippen LogP contribution in [0.3, 0.4) is 0 Å². The lowest BCUT2D eigenvalue weighted by Crippen LogP contribution is -2.51. The Morgan fingerprint density at radius 2 is 1.95 bits per heavy atom. The van der Waals surface area contributed by atoms with E-state index >= 15 is 0 Å². The van der Waals surface area contributed by atoms with E-state index in [4.69, 9.17) is 4.74 Å². The number of hydrogen-bond acceptors (Lipinski definition) is 2. The highest BCUT2D eigenvalue weighted by molar-refractivity contribution is 5.35. The maximum atomic E-state index is 6.57. The van der Waals surface area contributed by atoms with Crippen LogP contribution in [-0.4, -0.2) is 18.7 Å². The minimum atomic E-state index is 0.108. The Balaban J connectivity index is 1.83. The van der Waals surface area contributed by atoms with Crippen LogP contribution in [0.5, 0.6) is 0 Å². The maximum absolute atomic E-state index is 6.57. The van der Waals surface area contributed by atoms with Crippen molar-refractivity contribution in [2.75, 3.05) is 13.1 Å². The van der Waals surface area contributed by atoms with E-state index in [0.717, 1.165) is 13.1 Å². The SMILES string of the molecule is Cc1cccc(C2CNCC3(CCCCC3)O2)c1C. The third-order valence-electron chi connectivity index (χ3n) is 4.93. The van der Waals surface area contributed by atoms with Crippen molar-refractivity contribution in [2.45, 2.75) is 57.7 Å². The van der Waals surface area contributed by atoms with Crippen molar-refractivity contribution in [3.05, 3.63) is 34.9 Å². The number of nitrogens with one attached hydrogen (secondary N) is 1. The fourth-order valence-corrected chi connectivity index (χ4v) is 3.60. The second-order valence-electron chi connectivity index (χ2n) is 6.27. The highest BCUT2D eigenvalue weighted by Gasteiger charge is 2.38. The van der Waals surface area contributed by atoms with Crippen molar-refractivity contribution in [3.63, 3.8) is 0 Å². The largest absolute Gasteiger partial charge is 0.364 e. The summed E-state index contributed by atoms with van der Waals surface area (Å²) in [6.07, 6.45) is 6.69. The number of morpholine rings is 1. The second-order valence-corrected chi connectivity index (χ2v) is 6.27.